The molecule has 3 aliphatic rings. The maximum atomic E-state index is 13.7. The Balaban J connectivity index is 1.05. The number of nitrogens with two attached hydrogens (primary N) is 1. The molecule has 2 aromatic carbocycles. The van der Waals surface area contributed by atoms with Gasteiger partial charge < -0.3 is 26.2 Å². The van der Waals surface area contributed by atoms with Crippen LogP contribution < -0.4 is 16.4 Å². The Morgan fingerprint density at radius 1 is 1.07 bits per heavy atom. The van der Waals surface area contributed by atoms with Crippen LogP contribution in [0.1, 0.15) is 37.3 Å². The zero-order valence-corrected chi connectivity index (χ0v) is 26.4. The Bertz CT molecular complexity index is 1180. The molecule has 7 nitrogen and oxygen atoms in total. The summed E-state index contributed by atoms with van der Waals surface area (Å²) in [4.78, 5) is 21.2. The molecular formula is C32H46ClFN6OS. The first-order valence-corrected chi connectivity index (χ1v) is 16.9. The lowest BCUT2D eigenvalue weighted by Gasteiger charge is -2.39. The highest BCUT2D eigenvalue weighted by Gasteiger charge is 2.33. The van der Waals surface area contributed by atoms with Gasteiger partial charge in [-0.2, -0.15) is 0 Å². The Morgan fingerprint density at radius 3 is 2.57 bits per heavy atom. The lowest BCUT2D eigenvalue weighted by molar-refractivity contribution is -0.136. The molecule has 0 unspecified atom stereocenters. The van der Waals surface area contributed by atoms with E-state index in [-0.39, 0.29) is 17.6 Å². The number of piperazine rings is 1. The average Bonchev–Trinajstić information content (AvgIpc) is 3.52. The monoisotopic (exact) mass is 616 g/mol. The zero-order chi connectivity index (χ0) is 29.5. The first-order chi connectivity index (χ1) is 20.4. The fourth-order valence-electron chi connectivity index (χ4n) is 6.45. The highest BCUT2D eigenvalue weighted by Crippen LogP contribution is 2.27. The van der Waals surface area contributed by atoms with Gasteiger partial charge in [0.25, 0.3) is 0 Å². The number of halogens is 2. The van der Waals surface area contributed by atoms with Crippen molar-refractivity contribution in [3.8, 4) is 0 Å². The maximum absolute atomic E-state index is 13.7. The van der Waals surface area contributed by atoms with Gasteiger partial charge in [0, 0.05) is 67.5 Å². The van der Waals surface area contributed by atoms with Crippen LogP contribution in [0.25, 0.3) is 0 Å². The van der Waals surface area contributed by atoms with Gasteiger partial charge in [-0.25, -0.2) is 4.39 Å². The van der Waals surface area contributed by atoms with E-state index < -0.39 is 6.04 Å². The van der Waals surface area contributed by atoms with Crippen LogP contribution in [-0.4, -0.2) is 97.3 Å². The van der Waals surface area contributed by atoms with Gasteiger partial charge >= 0.3 is 0 Å². The highest BCUT2D eigenvalue weighted by atomic mass is 35.5. The minimum atomic E-state index is -0.438. The predicted octanol–water partition coefficient (Wildman–Crippen LogP) is 4.29. The number of hydrogen-bond donors (Lipinski definition) is 3. The summed E-state index contributed by atoms with van der Waals surface area (Å²) in [5.74, 6) is 1.03. The van der Waals surface area contributed by atoms with Crippen LogP contribution in [0, 0.1) is 11.7 Å². The minimum Gasteiger partial charge on any atom is -0.381 e. The highest BCUT2D eigenvalue weighted by molar-refractivity contribution is 7.99. The van der Waals surface area contributed by atoms with Gasteiger partial charge in [-0.3, -0.25) is 9.69 Å². The molecular weight excluding hydrogens is 571 g/mol. The number of nitrogens with one attached hydrogen (secondary N) is 2. The molecule has 3 saturated heterocycles. The van der Waals surface area contributed by atoms with E-state index in [1.807, 2.05) is 17.0 Å². The number of piperidine rings is 1. The van der Waals surface area contributed by atoms with Crippen LogP contribution in [0.5, 0.6) is 0 Å². The molecule has 230 valence electrons. The number of amides is 1. The smallest absolute Gasteiger partial charge is 0.239 e. The van der Waals surface area contributed by atoms with E-state index in [1.165, 1.54) is 11.3 Å². The van der Waals surface area contributed by atoms with Crippen molar-refractivity contribution in [1.29, 1.82) is 0 Å². The molecule has 0 aliphatic carbocycles. The van der Waals surface area contributed by atoms with Crippen molar-refractivity contribution in [2.45, 2.75) is 56.1 Å². The van der Waals surface area contributed by atoms with E-state index in [1.54, 1.807) is 23.9 Å². The van der Waals surface area contributed by atoms with Crippen LogP contribution in [-0.2, 0) is 17.8 Å². The number of benzene rings is 2. The number of rotatable bonds is 11. The summed E-state index contributed by atoms with van der Waals surface area (Å²) in [7, 11) is 0. The summed E-state index contributed by atoms with van der Waals surface area (Å²) in [5, 5.41) is 7.90. The summed E-state index contributed by atoms with van der Waals surface area (Å²) in [6.07, 6.45) is 3.98. The van der Waals surface area contributed by atoms with E-state index >= 15 is 0 Å². The van der Waals surface area contributed by atoms with Gasteiger partial charge in [-0.05, 0) is 98.4 Å². The maximum Gasteiger partial charge on any atom is 0.239 e. The van der Waals surface area contributed by atoms with E-state index in [2.05, 4.69) is 39.5 Å². The molecule has 1 amide bonds. The van der Waals surface area contributed by atoms with Crippen molar-refractivity contribution in [1.82, 2.24) is 20.0 Å². The lowest BCUT2D eigenvalue weighted by Crippen LogP contribution is -2.55. The Labute approximate surface area is 259 Å². The number of likely N-dealkylation sites (tertiary alicyclic amines) is 1. The first kappa shape index (κ1) is 31.5. The summed E-state index contributed by atoms with van der Waals surface area (Å²) in [5.41, 5.74) is 10.2. The molecule has 2 aromatic rings. The lowest BCUT2D eigenvalue weighted by atomic mass is 9.88. The van der Waals surface area contributed by atoms with Crippen molar-refractivity contribution in [2.75, 3.05) is 70.0 Å². The van der Waals surface area contributed by atoms with Gasteiger partial charge in [-0.1, -0.05) is 24.6 Å². The quantitative estimate of drug-likeness (QED) is 0.325. The van der Waals surface area contributed by atoms with Crippen molar-refractivity contribution in [2.24, 2.45) is 11.7 Å². The van der Waals surface area contributed by atoms with E-state index in [0.29, 0.717) is 19.1 Å². The summed E-state index contributed by atoms with van der Waals surface area (Å²) in [6.45, 7) is 10.8. The van der Waals surface area contributed by atoms with Crippen molar-refractivity contribution in [3.63, 3.8) is 0 Å². The second-order valence-corrected chi connectivity index (χ2v) is 13.6. The topological polar surface area (TPSA) is 76.9 Å². The molecule has 5 rings (SSSR count). The SMILES string of the molecule is CCSc1cc(F)ccc1CN1CCN(C(=O)[C@H](N)C2CCN(CCc3cc(Cl)ccc3N[C@H]3CCNC3)CC2)CC1. The third-order valence-electron chi connectivity index (χ3n) is 9.02. The molecule has 2 atom stereocenters. The Morgan fingerprint density at radius 2 is 1.86 bits per heavy atom. The van der Waals surface area contributed by atoms with E-state index in [0.717, 1.165) is 99.3 Å². The fraction of sp³-hybridized carbons (Fsp3) is 0.594. The largest absolute Gasteiger partial charge is 0.381 e. The van der Waals surface area contributed by atoms with Crippen LogP contribution in [0.15, 0.2) is 41.3 Å². The van der Waals surface area contributed by atoms with Crippen LogP contribution in [0.2, 0.25) is 5.02 Å². The molecule has 10 heteroatoms. The molecule has 4 N–H and O–H groups in total. The second-order valence-electron chi connectivity index (χ2n) is 11.9. The Kier molecular flexibility index (Phi) is 11.4. The van der Waals surface area contributed by atoms with Gasteiger partial charge in [-0.15, -0.1) is 11.8 Å². The van der Waals surface area contributed by atoms with Crippen LogP contribution in [0.4, 0.5) is 10.1 Å². The van der Waals surface area contributed by atoms with Crippen LogP contribution in [0.3, 0.4) is 0 Å². The molecule has 0 spiro atoms. The average molecular weight is 617 g/mol. The molecule has 3 heterocycles. The molecule has 0 saturated carbocycles. The summed E-state index contributed by atoms with van der Waals surface area (Å²) < 4.78 is 13.7. The predicted molar refractivity (Wildman–Crippen MR) is 172 cm³/mol. The second kappa shape index (κ2) is 15.2. The molecule has 42 heavy (non-hydrogen) atoms. The minimum absolute atomic E-state index is 0.0909. The number of carbonyl (C=O) groups excluding carboxylic acids is 1. The first-order valence-electron chi connectivity index (χ1n) is 15.6. The standard InChI is InChI=1S/C32H46ClFN6OS/c1-2-42-30-20-27(34)5-3-25(30)22-39-15-17-40(18-16-39)32(41)31(35)23-8-12-38(13-9-23)14-10-24-19-26(33)4-6-29(24)37-28-7-11-36-21-28/h3-6,19-20,23,28,31,36-37H,2,7-18,21-22,35H2,1H3/t28-,31+/m0/s1. The van der Waals surface area contributed by atoms with Gasteiger partial charge in [0.2, 0.25) is 5.91 Å². The number of anilines is 1. The summed E-state index contributed by atoms with van der Waals surface area (Å²) in [6, 6.07) is 11.3. The van der Waals surface area contributed by atoms with E-state index in [4.69, 9.17) is 17.3 Å². The third kappa shape index (κ3) is 8.39. The number of nitrogens with zero attached hydrogens (tertiary/aromatic N) is 3. The molecule has 3 fully saturated rings. The Hall–Kier alpha value is -1.88. The van der Waals surface area contributed by atoms with Crippen LogP contribution >= 0.6 is 23.4 Å². The number of carbonyl (C=O) groups is 1. The van der Waals surface area contributed by atoms with Crippen molar-refractivity contribution in [3.05, 3.63) is 58.4 Å². The summed E-state index contributed by atoms with van der Waals surface area (Å²) >= 11 is 8.03. The zero-order valence-electron chi connectivity index (χ0n) is 24.8. The fourth-order valence-corrected chi connectivity index (χ4v) is 7.47. The normalized spacial score (nSPS) is 21.5. The van der Waals surface area contributed by atoms with Gasteiger partial charge in [0.05, 0.1) is 6.04 Å². The van der Waals surface area contributed by atoms with Crippen molar-refractivity contribution >= 4 is 35.0 Å². The molecule has 0 aromatic heterocycles. The third-order valence-corrected chi connectivity index (χ3v) is 10.2. The van der Waals surface area contributed by atoms with Gasteiger partial charge in [0.15, 0.2) is 0 Å². The number of hydrogen-bond acceptors (Lipinski definition) is 7. The molecule has 3 aliphatic heterocycles. The molecule has 0 radical (unpaired) electrons. The van der Waals surface area contributed by atoms with Crippen molar-refractivity contribution < 1.29 is 9.18 Å². The number of thioether (sulfide) groups is 1. The van der Waals surface area contributed by atoms with Gasteiger partial charge in [0.1, 0.15) is 5.82 Å². The molecule has 0 bridgehead atoms. The van der Waals surface area contributed by atoms with E-state index in [9.17, 15) is 9.18 Å².